The molecule has 0 bridgehead atoms. The molecule has 29 heavy (non-hydrogen) atoms. The number of hydrogen-bond acceptors (Lipinski definition) is 2. The van der Waals surface area contributed by atoms with Gasteiger partial charge < -0.3 is 14.8 Å². The van der Waals surface area contributed by atoms with Crippen molar-refractivity contribution in [3.63, 3.8) is 0 Å². The van der Waals surface area contributed by atoms with E-state index >= 15 is 0 Å². The van der Waals surface area contributed by atoms with Crippen LogP contribution >= 0.6 is 35.4 Å². The summed E-state index contributed by atoms with van der Waals surface area (Å²) in [5.74, 6) is 0. The first kappa shape index (κ1) is 20.2. The Morgan fingerprint density at radius 2 is 1.93 bits per heavy atom. The van der Waals surface area contributed by atoms with Gasteiger partial charge in [0.2, 0.25) is 0 Å². The van der Waals surface area contributed by atoms with E-state index < -0.39 is 0 Å². The quantitative estimate of drug-likeness (QED) is 0.516. The van der Waals surface area contributed by atoms with Crippen molar-refractivity contribution in [1.29, 1.82) is 0 Å². The van der Waals surface area contributed by atoms with Gasteiger partial charge in [0.15, 0.2) is 5.11 Å². The highest BCUT2D eigenvalue weighted by molar-refractivity contribution is 7.80. The maximum Gasteiger partial charge on any atom is 0.170 e. The standard InChI is InChI=1S/C22H22Cl2N4S/c1-4-27-21(20(26-22(27)29)18-7-5-6-10-25-18)16-11-13(2)28(14(16)3)19-9-8-15(23)12-17(19)24/h5-12,20-21H,4H2,1-3H3,(H,26,29). The third-order valence-corrected chi connectivity index (χ3v) is 6.37. The summed E-state index contributed by atoms with van der Waals surface area (Å²) >= 11 is 18.3. The second kappa shape index (κ2) is 7.98. The van der Waals surface area contributed by atoms with E-state index in [0.717, 1.165) is 34.4 Å². The molecule has 1 aliphatic heterocycles. The number of hydrogen-bond donors (Lipinski definition) is 1. The van der Waals surface area contributed by atoms with Crippen LogP contribution < -0.4 is 5.32 Å². The number of benzene rings is 1. The molecule has 3 heterocycles. The molecule has 1 fully saturated rings. The molecular weight excluding hydrogens is 423 g/mol. The lowest BCUT2D eigenvalue weighted by molar-refractivity contribution is 0.329. The second-order valence-corrected chi connectivity index (χ2v) is 8.40. The van der Waals surface area contributed by atoms with Gasteiger partial charge in [-0.05, 0) is 75.0 Å². The molecule has 1 N–H and O–H groups in total. The highest BCUT2D eigenvalue weighted by Gasteiger charge is 2.40. The Morgan fingerprint density at radius 1 is 1.14 bits per heavy atom. The number of rotatable bonds is 4. The van der Waals surface area contributed by atoms with Crippen molar-refractivity contribution in [3.05, 3.63) is 81.4 Å². The molecule has 4 nitrogen and oxygen atoms in total. The van der Waals surface area contributed by atoms with Crippen molar-refractivity contribution >= 4 is 40.5 Å². The maximum atomic E-state index is 6.52. The van der Waals surface area contributed by atoms with Gasteiger partial charge in [0.25, 0.3) is 0 Å². The normalized spacial score (nSPS) is 18.9. The molecule has 2 aromatic heterocycles. The van der Waals surface area contributed by atoms with Crippen LogP contribution in [0.2, 0.25) is 10.0 Å². The summed E-state index contributed by atoms with van der Waals surface area (Å²) in [6.07, 6.45) is 1.82. The molecule has 150 valence electrons. The van der Waals surface area contributed by atoms with Crippen molar-refractivity contribution in [2.75, 3.05) is 6.54 Å². The Morgan fingerprint density at radius 3 is 2.59 bits per heavy atom. The van der Waals surface area contributed by atoms with Crippen molar-refractivity contribution in [2.24, 2.45) is 0 Å². The van der Waals surface area contributed by atoms with Gasteiger partial charge >= 0.3 is 0 Å². The van der Waals surface area contributed by atoms with E-state index in [1.165, 1.54) is 5.56 Å². The zero-order chi connectivity index (χ0) is 20.7. The van der Waals surface area contributed by atoms with E-state index in [-0.39, 0.29) is 12.1 Å². The zero-order valence-electron chi connectivity index (χ0n) is 16.5. The molecule has 0 aliphatic carbocycles. The first-order chi connectivity index (χ1) is 13.9. The van der Waals surface area contributed by atoms with Gasteiger partial charge in [-0.15, -0.1) is 0 Å². The van der Waals surface area contributed by atoms with Gasteiger partial charge in [-0.25, -0.2) is 0 Å². The number of nitrogens with zero attached hydrogens (tertiary/aromatic N) is 3. The van der Waals surface area contributed by atoms with Crippen LogP contribution in [-0.4, -0.2) is 26.1 Å². The van der Waals surface area contributed by atoms with Crippen LogP contribution in [0.5, 0.6) is 0 Å². The van der Waals surface area contributed by atoms with Crippen LogP contribution in [0.3, 0.4) is 0 Å². The summed E-state index contributed by atoms with van der Waals surface area (Å²) in [4.78, 5) is 6.82. The van der Waals surface area contributed by atoms with Gasteiger partial charge in [-0.3, -0.25) is 4.98 Å². The number of likely N-dealkylation sites (N-methyl/N-ethyl adjacent to an activating group) is 1. The van der Waals surface area contributed by atoms with E-state index in [9.17, 15) is 0 Å². The Labute approximate surface area is 186 Å². The molecule has 1 saturated heterocycles. The molecule has 2 unspecified atom stereocenters. The highest BCUT2D eigenvalue weighted by Crippen LogP contribution is 2.41. The lowest BCUT2D eigenvalue weighted by atomic mass is 9.97. The van der Waals surface area contributed by atoms with Crippen molar-refractivity contribution < 1.29 is 0 Å². The van der Waals surface area contributed by atoms with Gasteiger partial charge in [0, 0.05) is 29.2 Å². The first-order valence-electron chi connectivity index (χ1n) is 9.54. The summed E-state index contributed by atoms with van der Waals surface area (Å²) in [7, 11) is 0. The molecule has 0 spiro atoms. The number of nitrogens with one attached hydrogen (secondary N) is 1. The third-order valence-electron chi connectivity index (χ3n) is 5.48. The summed E-state index contributed by atoms with van der Waals surface area (Å²) in [5, 5.41) is 5.48. The molecule has 3 aromatic rings. The number of halogens is 2. The fraction of sp³-hybridized carbons (Fsp3) is 0.273. The van der Waals surface area contributed by atoms with Crippen molar-refractivity contribution in [3.8, 4) is 5.69 Å². The topological polar surface area (TPSA) is 33.1 Å². The predicted molar refractivity (Wildman–Crippen MR) is 123 cm³/mol. The molecule has 0 amide bonds. The van der Waals surface area contributed by atoms with Gasteiger partial charge in [-0.1, -0.05) is 29.3 Å². The van der Waals surface area contributed by atoms with Crippen molar-refractivity contribution in [1.82, 2.24) is 19.8 Å². The van der Waals surface area contributed by atoms with E-state index in [1.54, 1.807) is 6.07 Å². The van der Waals surface area contributed by atoms with Gasteiger partial charge in [0.1, 0.15) is 0 Å². The maximum absolute atomic E-state index is 6.52. The van der Waals surface area contributed by atoms with Crippen LogP contribution in [0, 0.1) is 13.8 Å². The molecule has 4 rings (SSSR count). The number of aryl methyl sites for hydroxylation is 1. The summed E-state index contributed by atoms with van der Waals surface area (Å²) < 4.78 is 2.18. The summed E-state index contributed by atoms with van der Waals surface area (Å²) in [6.45, 7) is 7.15. The monoisotopic (exact) mass is 444 g/mol. The molecule has 0 radical (unpaired) electrons. The Hall–Kier alpha value is -2.08. The van der Waals surface area contributed by atoms with Crippen LogP contribution in [0.25, 0.3) is 5.69 Å². The number of pyridine rings is 1. The number of aromatic nitrogens is 2. The fourth-order valence-corrected chi connectivity index (χ4v) is 5.07. The largest absolute Gasteiger partial charge is 0.352 e. The predicted octanol–water partition coefficient (Wildman–Crippen LogP) is 5.79. The highest BCUT2D eigenvalue weighted by atomic mass is 35.5. The minimum absolute atomic E-state index is 0.0155. The molecule has 1 aromatic carbocycles. The Balaban J connectivity index is 1.85. The lowest BCUT2D eigenvalue weighted by Gasteiger charge is -2.27. The lowest BCUT2D eigenvalue weighted by Crippen LogP contribution is -2.29. The Kier molecular flexibility index (Phi) is 5.56. The van der Waals surface area contributed by atoms with E-state index in [0.29, 0.717) is 10.0 Å². The second-order valence-electron chi connectivity index (χ2n) is 7.17. The average molecular weight is 445 g/mol. The third kappa shape index (κ3) is 3.52. The van der Waals surface area contributed by atoms with Crippen LogP contribution in [0.1, 0.15) is 41.7 Å². The smallest absolute Gasteiger partial charge is 0.170 e. The van der Waals surface area contributed by atoms with Crippen LogP contribution in [-0.2, 0) is 0 Å². The molecule has 1 aliphatic rings. The zero-order valence-corrected chi connectivity index (χ0v) is 18.8. The SMILES string of the molecule is CCN1C(=S)NC(c2ccccn2)C1c1cc(C)n(-c2ccc(Cl)cc2Cl)c1C. The van der Waals surface area contributed by atoms with E-state index in [1.807, 2.05) is 36.5 Å². The average Bonchev–Trinajstić information content (AvgIpc) is 3.18. The molecule has 0 saturated carbocycles. The number of thiocarbonyl (C=S) groups is 1. The van der Waals surface area contributed by atoms with Crippen LogP contribution in [0.4, 0.5) is 0 Å². The summed E-state index contributed by atoms with van der Waals surface area (Å²) in [5.41, 5.74) is 5.34. The van der Waals surface area contributed by atoms with Crippen molar-refractivity contribution in [2.45, 2.75) is 32.9 Å². The van der Waals surface area contributed by atoms with Gasteiger partial charge in [0.05, 0.1) is 28.5 Å². The molecule has 7 heteroatoms. The fourth-order valence-electron chi connectivity index (χ4n) is 4.20. The van der Waals surface area contributed by atoms with Crippen LogP contribution in [0.15, 0.2) is 48.7 Å². The molecule has 2 atom stereocenters. The first-order valence-corrected chi connectivity index (χ1v) is 10.7. The molecular formula is C22H22Cl2N4S. The minimum Gasteiger partial charge on any atom is -0.352 e. The summed E-state index contributed by atoms with van der Waals surface area (Å²) in [6, 6.07) is 13.8. The van der Waals surface area contributed by atoms with E-state index in [2.05, 4.69) is 46.6 Å². The van der Waals surface area contributed by atoms with E-state index in [4.69, 9.17) is 35.4 Å². The van der Waals surface area contributed by atoms with Gasteiger partial charge in [-0.2, -0.15) is 0 Å². The minimum atomic E-state index is -0.0155. The Bertz CT molecular complexity index is 1060.